The molecule has 1 aromatic carbocycles. The molecular weight excluding hydrogens is 258 g/mol. The number of hydrogen-bond acceptors (Lipinski definition) is 5. The van der Waals surface area contributed by atoms with Gasteiger partial charge in [0.1, 0.15) is 23.2 Å². The van der Waals surface area contributed by atoms with Gasteiger partial charge in [0.25, 0.3) is 10.9 Å². The molecule has 0 unspecified atom stereocenters. The van der Waals surface area contributed by atoms with Crippen molar-refractivity contribution in [2.24, 2.45) is 0 Å². The highest BCUT2D eigenvalue weighted by molar-refractivity contribution is 5.63. The Morgan fingerprint density at radius 1 is 1.40 bits per heavy atom. The SMILES string of the molecule is C=C(C)[C@@H](Nc1c(OCC)c(=O)c1=O)c1ccc(C)o1. The van der Waals surface area contributed by atoms with Gasteiger partial charge in [0.05, 0.1) is 6.61 Å². The average Bonchev–Trinajstić information content (AvgIpc) is 2.83. The molecule has 20 heavy (non-hydrogen) atoms. The van der Waals surface area contributed by atoms with Crippen molar-refractivity contribution in [3.8, 4) is 5.75 Å². The molecule has 106 valence electrons. The highest BCUT2D eigenvalue weighted by Crippen LogP contribution is 2.29. The maximum absolute atomic E-state index is 11.6. The monoisotopic (exact) mass is 275 g/mol. The number of hydrogen-bond donors (Lipinski definition) is 1. The predicted molar refractivity (Wildman–Crippen MR) is 77.1 cm³/mol. The first kappa shape index (κ1) is 14.1. The van der Waals surface area contributed by atoms with E-state index in [1.807, 2.05) is 26.0 Å². The summed E-state index contributed by atoms with van der Waals surface area (Å²) in [5, 5.41) is 2.99. The van der Waals surface area contributed by atoms with Crippen molar-refractivity contribution in [1.82, 2.24) is 0 Å². The van der Waals surface area contributed by atoms with Gasteiger partial charge in [-0.25, -0.2) is 0 Å². The molecule has 0 amide bonds. The summed E-state index contributed by atoms with van der Waals surface area (Å²) in [5.41, 5.74) is -0.192. The molecular formula is C15H17NO4. The average molecular weight is 275 g/mol. The van der Waals surface area contributed by atoms with E-state index in [2.05, 4.69) is 11.9 Å². The van der Waals surface area contributed by atoms with E-state index >= 15 is 0 Å². The second-order valence-electron chi connectivity index (χ2n) is 4.67. The van der Waals surface area contributed by atoms with E-state index in [1.165, 1.54) is 0 Å². The lowest BCUT2D eigenvalue weighted by Crippen LogP contribution is -2.36. The van der Waals surface area contributed by atoms with E-state index in [4.69, 9.17) is 9.15 Å². The van der Waals surface area contributed by atoms with Crippen molar-refractivity contribution in [3.63, 3.8) is 0 Å². The van der Waals surface area contributed by atoms with E-state index in [0.29, 0.717) is 12.4 Å². The fourth-order valence-corrected chi connectivity index (χ4v) is 1.97. The van der Waals surface area contributed by atoms with Crippen molar-refractivity contribution in [3.05, 3.63) is 56.3 Å². The summed E-state index contributed by atoms with van der Waals surface area (Å²) in [6.07, 6.45) is 0. The van der Waals surface area contributed by atoms with E-state index in [0.717, 1.165) is 11.3 Å². The van der Waals surface area contributed by atoms with Crippen LogP contribution in [0.1, 0.15) is 31.4 Å². The lowest BCUT2D eigenvalue weighted by Gasteiger charge is -2.20. The van der Waals surface area contributed by atoms with Crippen molar-refractivity contribution < 1.29 is 9.15 Å². The van der Waals surface area contributed by atoms with Crippen LogP contribution in [0.5, 0.6) is 5.75 Å². The Balaban J connectivity index is 2.31. The van der Waals surface area contributed by atoms with Crippen molar-refractivity contribution in [2.45, 2.75) is 26.8 Å². The summed E-state index contributed by atoms with van der Waals surface area (Å²) in [7, 11) is 0. The topological polar surface area (TPSA) is 68.5 Å². The number of anilines is 1. The van der Waals surface area contributed by atoms with E-state index in [-0.39, 0.29) is 17.5 Å². The minimum Gasteiger partial charge on any atom is -0.488 e. The van der Waals surface area contributed by atoms with Crippen molar-refractivity contribution >= 4 is 5.69 Å². The smallest absolute Gasteiger partial charge is 0.272 e. The standard InChI is InChI=1S/C15H17NO4/c1-5-19-15-12(13(17)14(15)18)16-11(8(2)3)10-7-6-9(4)20-10/h6-7,11,16H,2,5H2,1,3-4H3/t11-/m1/s1. The summed E-state index contributed by atoms with van der Waals surface area (Å²) in [4.78, 5) is 23.1. The van der Waals surface area contributed by atoms with Crippen LogP contribution in [0.3, 0.4) is 0 Å². The van der Waals surface area contributed by atoms with Crippen LogP contribution in [0.4, 0.5) is 5.69 Å². The molecule has 0 fully saturated rings. The number of rotatable bonds is 6. The van der Waals surface area contributed by atoms with E-state index in [9.17, 15) is 9.59 Å². The number of nitrogens with one attached hydrogen (secondary N) is 1. The minimum atomic E-state index is -0.592. The van der Waals surface area contributed by atoms with Gasteiger partial charge in [0.15, 0.2) is 5.75 Å². The van der Waals surface area contributed by atoms with Gasteiger partial charge in [-0.3, -0.25) is 9.59 Å². The summed E-state index contributed by atoms with van der Waals surface area (Å²) in [5.74, 6) is 1.50. The molecule has 2 rings (SSSR count). The van der Waals surface area contributed by atoms with Crippen LogP contribution in [-0.2, 0) is 0 Å². The maximum atomic E-state index is 11.6. The third-order valence-corrected chi connectivity index (χ3v) is 2.98. The van der Waals surface area contributed by atoms with Gasteiger partial charge in [0, 0.05) is 0 Å². The molecule has 1 atom stereocenters. The first-order valence-corrected chi connectivity index (χ1v) is 6.40. The number of ether oxygens (including phenoxy) is 1. The Morgan fingerprint density at radius 3 is 2.60 bits per heavy atom. The molecule has 0 aliphatic carbocycles. The summed E-state index contributed by atoms with van der Waals surface area (Å²) >= 11 is 0. The molecule has 0 saturated carbocycles. The van der Waals surface area contributed by atoms with Crippen LogP contribution in [0.25, 0.3) is 0 Å². The van der Waals surface area contributed by atoms with Gasteiger partial charge < -0.3 is 14.5 Å². The fraction of sp³-hybridized carbons (Fsp3) is 0.333. The zero-order chi connectivity index (χ0) is 14.9. The van der Waals surface area contributed by atoms with Crippen LogP contribution in [0, 0.1) is 6.92 Å². The molecule has 1 N–H and O–H groups in total. The first-order chi connectivity index (χ1) is 9.45. The Kier molecular flexibility index (Phi) is 3.79. The lowest BCUT2D eigenvalue weighted by molar-refractivity contribution is 0.334. The van der Waals surface area contributed by atoms with Gasteiger partial charge >= 0.3 is 0 Å². The van der Waals surface area contributed by atoms with Crippen LogP contribution in [0.2, 0.25) is 0 Å². The quantitative estimate of drug-likeness (QED) is 0.647. The van der Waals surface area contributed by atoms with Gasteiger partial charge in [-0.2, -0.15) is 0 Å². The Morgan fingerprint density at radius 2 is 2.10 bits per heavy atom. The summed E-state index contributed by atoms with van der Waals surface area (Å²) < 4.78 is 10.7. The zero-order valence-corrected chi connectivity index (χ0v) is 11.8. The Hall–Kier alpha value is -2.30. The highest BCUT2D eigenvalue weighted by Gasteiger charge is 2.26. The summed E-state index contributed by atoms with van der Waals surface area (Å²) in [6, 6.07) is 3.28. The highest BCUT2D eigenvalue weighted by atomic mass is 16.5. The minimum absolute atomic E-state index is 0.0898. The number of aryl methyl sites for hydroxylation is 1. The van der Waals surface area contributed by atoms with Crippen LogP contribution >= 0.6 is 0 Å². The van der Waals surface area contributed by atoms with Crippen molar-refractivity contribution in [1.29, 1.82) is 0 Å². The van der Waals surface area contributed by atoms with Gasteiger partial charge in [0.2, 0.25) is 0 Å². The van der Waals surface area contributed by atoms with Crippen LogP contribution in [0.15, 0.2) is 38.3 Å². The number of furan rings is 1. The van der Waals surface area contributed by atoms with Gasteiger partial charge in [-0.15, -0.1) is 0 Å². The molecule has 0 saturated heterocycles. The predicted octanol–water partition coefficient (Wildman–Crippen LogP) is 2.31. The van der Waals surface area contributed by atoms with E-state index < -0.39 is 10.9 Å². The largest absolute Gasteiger partial charge is 0.488 e. The molecule has 1 aromatic heterocycles. The molecule has 0 aliphatic heterocycles. The second-order valence-corrected chi connectivity index (χ2v) is 4.67. The van der Waals surface area contributed by atoms with Crippen molar-refractivity contribution in [2.75, 3.05) is 11.9 Å². The van der Waals surface area contributed by atoms with Gasteiger partial charge in [-0.05, 0) is 32.9 Å². The molecule has 0 aliphatic rings. The van der Waals surface area contributed by atoms with Crippen LogP contribution < -0.4 is 20.9 Å². The van der Waals surface area contributed by atoms with Gasteiger partial charge in [-0.1, -0.05) is 12.2 Å². The third-order valence-electron chi connectivity index (χ3n) is 2.98. The molecule has 1 heterocycles. The third kappa shape index (κ3) is 2.39. The normalized spacial score (nSPS) is 12.3. The molecule has 0 radical (unpaired) electrons. The molecule has 2 aromatic rings. The zero-order valence-electron chi connectivity index (χ0n) is 11.8. The van der Waals surface area contributed by atoms with Crippen LogP contribution in [-0.4, -0.2) is 6.61 Å². The summed E-state index contributed by atoms with van der Waals surface area (Å²) in [6.45, 7) is 9.63. The molecule has 5 nitrogen and oxygen atoms in total. The Labute approximate surface area is 116 Å². The van der Waals surface area contributed by atoms with E-state index in [1.54, 1.807) is 6.92 Å². The second kappa shape index (κ2) is 5.36. The molecule has 0 bridgehead atoms. The molecule has 0 spiro atoms. The molecule has 5 heteroatoms. The first-order valence-electron chi connectivity index (χ1n) is 6.40. The maximum Gasteiger partial charge on any atom is 0.272 e. The Bertz CT molecular complexity index is 704. The lowest BCUT2D eigenvalue weighted by atomic mass is 10.1. The fourth-order valence-electron chi connectivity index (χ4n) is 1.97.